The summed E-state index contributed by atoms with van der Waals surface area (Å²) < 4.78 is 5.05. The van der Waals surface area contributed by atoms with Gasteiger partial charge in [-0.05, 0) is 6.07 Å². The molecule has 0 heterocycles. The lowest BCUT2D eigenvalue weighted by atomic mass is 10.2. The Labute approximate surface area is 120 Å². The minimum absolute atomic E-state index is 0.00671. The number of aliphatic carboxylic acids is 1. The number of methoxy groups -OCH3 is 1. The van der Waals surface area contributed by atoms with Crippen LogP contribution in [0.2, 0.25) is 0 Å². The first-order valence-electron chi connectivity index (χ1n) is 5.99. The Bertz CT molecular complexity index is 546. The first-order valence-corrected chi connectivity index (χ1v) is 5.99. The van der Waals surface area contributed by atoms with Gasteiger partial charge in [0.2, 0.25) is 0 Å². The van der Waals surface area contributed by atoms with Crippen molar-refractivity contribution in [3.8, 4) is 5.75 Å². The van der Waals surface area contributed by atoms with Gasteiger partial charge in [0.15, 0.2) is 0 Å². The molecule has 9 nitrogen and oxygen atoms in total. The molecular formula is C12H15N3O6. The SMILES string of the molecule is COc1ccc([N+](=O)[O-])cc1CNC(=O)NCCC(=O)O. The third kappa shape index (κ3) is 5.35. The zero-order valence-corrected chi connectivity index (χ0v) is 11.3. The third-order valence-electron chi connectivity index (χ3n) is 2.54. The Morgan fingerprint density at radius 2 is 2.10 bits per heavy atom. The first-order chi connectivity index (χ1) is 9.93. The zero-order chi connectivity index (χ0) is 15.8. The molecule has 1 aromatic carbocycles. The van der Waals surface area contributed by atoms with Crippen LogP contribution in [-0.2, 0) is 11.3 Å². The van der Waals surface area contributed by atoms with Crippen molar-refractivity contribution in [2.75, 3.05) is 13.7 Å². The maximum absolute atomic E-state index is 11.4. The fraction of sp³-hybridized carbons (Fsp3) is 0.333. The van der Waals surface area contributed by atoms with E-state index in [0.29, 0.717) is 11.3 Å². The minimum atomic E-state index is -1.02. The van der Waals surface area contributed by atoms with Gasteiger partial charge in [0.1, 0.15) is 5.75 Å². The number of benzene rings is 1. The molecule has 0 aliphatic rings. The molecule has 1 aromatic rings. The molecule has 9 heteroatoms. The van der Waals surface area contributed by atoms with Gasteiger partial charge in [-0.1, -0.05) is 0 Å². The Balaban J connectivity index is 2.61. The molecule has 0 aromatic heterocycles. The molecule has 0 aliphatic carbocycles. The number of nitrogens with one attached hydrogen (secondary N) is 2. The molecule has 21 heavy (non-hydrogen) atoms. The third-order valence-corrected chi connectivity index (χ3v) is 2.54. The molecule has 0 atom stereocenters. The van der Waals surface area contributed by atoms with Crippen LogP contribution in [0.1, 0.15) is 12.0 Å². The van der Waals surface area contributed by atoms with Crippen LogP contribution in [0, 0.1) is 10.1 Å². The predicted molar refractivity (Wildman–Crippen MR) is 72.1 cm³/mol. The van der Waals surface area contributed by atoms with Crippen molar-refractivity contribution in [1.82, 2.24) is 10.6 Å². The Morgan fingerprint density at radius 1 is 1.38 bits per heavy atom. The molecule has 0 radical (unpaired) electrons. The van der Waals surface area contributed by atoms with Crippen molar-refractivity contribution in [1.29, 1.82) is 0 Å². The van der Waals surface area contributed by atoms with Crippen molar-refractivity contribution in [3.05, 3.63) is 33.9 Å². The number of hydrogen-bond acceptors (Lipinski definition) is 5. The number of carbonyl (C=O) groups excluding carboxylic acids is 1. The van der Waals surface area contributed by atoms with E-state index >= 15 is 0 Å². The Morgan fingerprint density at radius 3 is 2.67 bits per heavy atom. The molecule has 0 spiro atoms. The van der Waals surface area contributed by atoms with Gasteiger partial charge < -0.3 is 20.5 Å². The molecule has 0 unspecified atom stereocenters. The standard InChI is InChI=1S/C12H15N3O6/c1-21-10-3-2-9(15(19)20)6-8(10)7-14-12(18)13-5-4-11(16)17/h2-3,6H,4-5,7H2,1H3,(H,16,17)(H2,13,14,18). The van der Waals surface area contributed by atoms with Crippen LogP contribution in [0.5, 0.6) is 5.75 Å². The van der Waals surface area contributed by atoms with Crippen LogP contribution < -0.4 is 15.4 Å². The summed E-state index contributed by atoms with van der Waals surface area (Å²) in [7, 11) is 1.41. The number of urea groups is 1. The van der Waals surface area contributed by atoms with E-state index in [4.69, 9.17) is 9.84 Å². The molecule has 0 saturated heterocycles. The summed E-state index contributed by atoms with van der Waals surface area (Å²) in [6.07, 6.45) is -0.187. The summed E-state index contributed by atoms with van der Waals surface area (Å²) in [5.41, 5.74) is 0.332. The van der Waals surface area contributed by atoms with Gasteiger partial charge in [-0.15, -0.1) is 0 Å². The number of hydrogen-bond donors (Lipinski definition) is 3. The summed E-state index contributed by atoms with van der Waals surface area (Å²) in [6, 6.07) is 3.48. The van der Waals surface area contributed by atoms with E-state index in [1.165, 1.54) is 25.3 Å². The van der Waals surface area contributed by atoms with E-state index in [1.54, 1.807) is 0 Å². The molecule has 114 valence electrons. The van der Waals surface area contributed by atoms with Crippen LogP contribution in [0.25, 0.3) is 0 Å². The maximum Gasteiger partial charge on any atom is 0.315 e. The molecule has 3 N–H and O–H groups in total. The number of ether oxygens (including phenoxy) is 1. The van der Waals surface area contributed by atoms with Gasteiger partial charge >= 0.3 is 12.0 Å². The highest BCUT2D eigenvalue weighted by Crippen LogP contribution is 2.23. The lowest BCUT2D eigenvalue weighted by Crippen LogP contribution is -2.36. The number of carboxylic acids is 1. The summed E-state index contributed by atoms with van der Waals surface area (Å²) in [4.78, 5) is 31.9. The topological polar surface area (TPSA) is 131 Å². The van der Waals surface area contributed by atoms with Gasteiger partial charge in [0, 0.05) is 30.8 Å². The van der Waals surface area contributed by atoms with Crippen molar-refractivity contribution < 1.29 is 24.4 Å². The van der Waals surface area contributed by atoms with Crippen molar-refractivity contribution >= 4 is 17.7 Å². The number of non-ortho nitro benzene ring substituents is 1. The molecule has 0 fully saturated rings. The summed E-state index contributed by atoms with van der Waals surface area (Å²) in [6.45, 7) is 0.0109. The number of carboxylic acid groups (broad SMARTS) is 1. The van der Waals surface area contributed by atoms with Gasteiger partial charge in [0.05, 0.1) is 18.5 Å². The molecule has 0 aliphatic heterocycles. The lowest BCUT2D eigenvalue weighted by Gasteiger charge is -2.10. The fourth-order valence-corrected chi connectivity index (χ4v) is 1.54. The van der Waals surface area contributed by atoms with E-state index in [9.17, 15) is 19.7 Å². The van der Waals surface area contributed by atoms with Gasteiger partial charge in [-0.3, -0.25) is 14.9 Å². The molecular weight excluding hydrogens is 282 g/mol. The van der Waals surface area contributed by atoms with Crippen molar-refractivity contribution in [2.24, 2.45) is 0 Å². The maximum atomic E-state index is 11.4. The van der Waals surface area contributed by atoms with Crippen LogP contribution in [0.3, 0.4) is 0 Å². The smallest absolute Gasteiger partial charge is 0.315 e. The molecule has 0 bridgehead atoms. The minimum Gasteiger partial charge on any atom is -0.496 e. The van der Waals surface area contributed by atoms with E-state index < -0.39 is 16.9 Å². The number of amides is 2. The predicted octanol–water partition coefficient (Wildman–Crippen LogP) is 0.877. The molecule has 2 amide bonds. The van der Waals surface area contributed by atoms with Crippen LogP contribution in [-0.4, -0.2) is 35.7 Å². The Kier molecular flexibility index (Phi) is 5.93. The number of nitro groups is 1. The molecule has 1 rings (SSSR count). The normalized spacial score (nSPS) is 9.76. The van der Waals surface area contributed by atoms with Crippen LogP contribution >= 0.6 is 0 Å². The van der Waals surface area contributed by atoms with E-state index in [0.717, 1.165) is 0 Å². The van der Waals surface area contributed by atoms with Crippen molar-refractivity contribution in [2.45, 2.75) is 13.0 Å². The van der Waals surface area contributed by atoms with E-state index in [1.807, 2.05) is 0 Å². The fourth-order valence-electron chi connectivity index (χ4n) is 1.54. The summed E-state index contributed by atoms with van der Waals surface area (Å²) in [5.74, 6) is -0.609. The number of nitrogens with zero attached hydrogens (tertiary/aromatic N) is 1. The second-order valence-corrected chi connectivity index (χ2v) is 4.01. The van der Waals surface area contributed by atoms with Crippen LogP contribution in [0.4, 0.5) is 10.5 Å². The average Bonchev–Trinajstić information content (AvgIpc) is 2.44. The van der Waals surface area contributed by atoms with Crippen LogP contribution in [0.15, 0.2) is 18.2 Å². The van der Waals surface area contributed by atoms with Gasteiger partial charge in [0.25, 0.3) is 5.69 Å². The first kappa shape index (κ1) is 16.2. The summed E-state index contributed by atoms with van der Waals surface area (Å²) in [5, 5.41) is 24.0. The highest BCUT2D eigenvalue weighted by atomic mass is 16.6. The average molecular weight is 297 g/mol. The van der Waals surface area contributed by atoms with E-state index in [-0.39, 0.29) is 25.2 Å². The monoisotopic (exact) mass is 297 g/mol. The highest BCUT2D eigenvalue weighted by molar-refractivity contribution is 5.75. The lowest BCUT2D eigenvalue weighted by molar-refractivity contribution is -0.384. The quantitative estimate of drug-likeness (QED) is 0.505. The number of nitro benzene ring substituents is 1. The summed E-state index contributed by atoms with van der Waals surface area (Å²) >= 11 is 0. The second-order valence-electron chi connectivity index (χ2n) is 4.01. The number of carbonyl (C=O) groups is 2. The van der Waals surface area contributed by atoms with Crippen molar-refractivity contribution in [3.63, 3.8) is 0 Å². The molecule has 0 saturated carbocycles. The highest BCUT2D eigenvalue weighted by Gasteiger charge is 2.12. The van der Waals surface area contributed by atoms with E-state index in [2.05, 4.69) is 10.6 Å². The second kappa shape index (κ2) is 7.68. The van der Waals surface area contributed by atoms with Gasteiger partial charge in [-0.25, -0.2) is 4.79 Å². The van der Waals surface area contributed by atoms with Gasteiger partial charge in [-0.2, -0.15) is 0 Å². The largest absolute Gasteiger partial charge is 0.496 e. The number of rotatable bonds is 7. The zero-order valence-electron chi connectivity index (χ0n) is 11.3. The Hall–Kier alpha value is -2.84.